The van der Waals surface area contributed by atoms with E-state index in [4.69, 9.17) is 11.6 Å². The molecule has 0 saturated heterocycles. The average molecular weight is 391 g/mol. The second-order valence-electron chi connectivity index (χ2n) is 6.06. The zero-order valence-electron chi connectivity index (χ0n) is 14.7. The van der Waals surface area contributed by atoms with Gasteiger partial charge in [-0.25, -0.2) is 9.78 Å². The van der Waals surface area contributed by atoms with Crippen LogP contribution in [0, 0.1) is 6.92 Å². The van der Waals surface area contributed by atoms with Gasteiger partial charge >= 0.3 is 5.69 Å². The number of nitrogens with one attached hydrogen (secondary N) is 1. The molecule has 0 unspecified atom stereocenters. The van der Waals surface area contributed by atoms with Crippen molar-refractivity contribution < 1.29 is 0 Å². The van der Waals surface area contributed by atoms with Gasteiger partial charge in [0, 0.05) is 17.8 Å². The van der Waals surface area contributed by atoms with Crippen LogP contribution in [-0.2, 0) is 13.6 Å². The second-order valence-corrected chi connectivity index (χ2v) is 7.65. The van der Waals surface area contributed by atoms with Gasteiger partial charge in [-0.15, -0.1) is 0 Å². The molecule has 0 aliphatic carbocycles. The summed E-state index contributed by atoms with van der Waals surface area (Å²) in [4.78, 5) is 31.3. The lowest BCUT2D eigenvalue weighted by atomic mass is 10.1. The van der Waals surface area contributed by atoms with Crippen LogP contribution in [0.2, 0.25) is 0 Å². The van der Waals surface area contributed by atoms with E-state index in [-0.39, 0.29) is 0 Å². The molecular formula is C18H19ClN4O2S. The van der Waals surface area contributed by atoms with Gasteiger partial charge in [-0.3, -0.25) is 14.3 Å². The van der Waals surface area contributed by atoms with E-state index in [0.29, 0.717) is 33.7 Å². The molecular weight excluding hydrogens is 372 g/mol. The molecule has 0 aliphatic heterocycles. The first-order chi connectivity index (χ1) is 12.4. The summed E-state index contributed by atoms with van der Waals surface area (Å²) in [6, 6.07) is 8.08. The third-order valence-corrected chi connectivity index (χ3v) is 5.03. The van der Waals surface area contributed by atoms with E-state index in [1.807, 2.05) is 42.7 Å². The van der Waals surface area contributed by atoms with Crippen LogP contribution in [0.3, 0.4) is 0 Å². The standard InChI is InChI=1S/C18H19ClN4O2S/c1-11-5-4-6-13(9-11)10-23-14-15(22(3)17(25)21-16(14)24)20-18(23)26-8-7-12(2)19/h4-7,9H,8,10H2,1-3H3,(H,21,24,25). The van der Waals surface area contributed by atoms with Crippen molar-refractivity contribution in [1.82, 2.24) is 19.1 Å². The Balaban J connectivity index is 2.16. The molecule has 0 radical (unpaired) electrons. The summed E-state index contributed by atoms with van der Waals surface area (Å²) < 4.78 is 3.21. The number of fused-ring (bicyclic) bond motifs is 1. The summed E-state index contributed by atoms with van der Waals surface area (Å²) in [5.41, 5.74) is 2.06. The molecule has 26 heavy (non-hydrogen) atoms. The first kappa shape index (κ1) is 18.5. The molecule has 0 spiro atoms. The molecule has 6 nitrogen and oxygen atoms in total. The molecule has 0 aliphatic rings. The van der Waals surface area contributed by atoms with E-state index in [0.717, 1.165) is 11.1 Å². The molecule has 0 atom stereocenters. The molecule has 3 aromatic rings. The number of hydrogen-bond acceptors (Lipinski definition) is 4. The molecule has 1 N–H and O–H groups in total. The van der Waals surface area contributed by atoms with Crippen molar-refractivity contribution in [2.45, 2.75) is 25.5 Å². The maximum absolute atomic E-state index is 12.5. The number of benzene rings is 1. The monoisotopic (exact) mass is 390 g/mol. The van der Waals surface area contributed by atoms with Gasteiger partial charge in [-0.2, -0.15) is 0 Å². The van der Waals surface area contributed by atoms with Crippen LogP contribution in [0.5, 0.6) is 0 Å². The minimum absolute atomic E-state index is 0.375. The van der Waals surface area contributed by atoms with E-state index in [1.165, 1.54) is 16.3 Å². The summed E-state index contributed by atoms with van der Waals surface area (Å²) >= 11 is 7.37. The topological polar surface area (TPSA) is 72.7 Å². The normalized spacial score (nSPS) is 12.1. The van der Waals surface area contributed by atoms with Gasteiger partial charge in [0.25, 0.3) is 5.56 Å². The number of hydrogen-bond donors (Lipinski definition) is 1. The Hall–Kier alpha value is -2.25. The zero-order valence-corrected chi connectivity index (χ0v) is 16.3. The van der Waals surface area contributed by atoms with E-state index in [1.54, 1.807) is 7.05 Å². The van der Waals surface area contributed by atoms with Crippen molar-refractivity contribution in [3.63, 3.8) is 0 Å². The Kier molecular flexibility index (Phi) is 5.38. The van der Waals surface area contributed by atoms with Crippen LogP contribution in [0.1, 0.15) is 18.1 Å². The minimum atomic E-state index is -0.476. The minimum Gasteiger partial charge on any atom is -0.309 e. The van der Waals surface area contributed by atoms with Gasteiger partial charge in [-0.05, 0) is 19.4 Å². The van der Waals surface area contributed by atoms with Crippen molar-refractivity contribution in [1.29, 1.82) is 0 Å². The summed E-state index contributed by atoms with van der Waals surface area (Å²) in [5, 5.41) is 1.37. The number of nitrogens with zero attached hydrogens (tertiary/aromatic N) is 3. The van der Waals surface area contributed by atoms with Gasteiger partial charge in [-0.1, -0.05) is 59.3 Å². The highest BCUT2D eigenvalue weighted by Gasteiger charge is 2.17. The van der Waals surface area contributed by atoms with Crippen molar-refractivity contribution >= 4 is 34.5 Å². The van der Waals surface area contributed by atoms with Gasteiger partial charge in [0.15, 0.2) is 16.3 Å². The highest BCUT2D eigenvalue weighted by Crippen LogP contribution is 2.23. The number of halogens is 1. The maximum Gasteiger partial charge on any atom is 0.329 e. The Morgan fingerprint density at radius 2 is 2.15 bits per heavy atom. The molecule has 136 valence electrons. The van der Waals surface area contributed by atoms with Crippen LogP contribution < -0.4 is 11.2 Å². The SMILES string of the molecule is CC(Cl)=CCSc1nc2c(c(=O)[nH]c(=O)n2C)n1Cc1cccc(C)c1. The van der Waals surface area contributed by atoms with E-state index < -0.39 is 11.2 Å². The number of thioether (sulfide) groups is 1. The third-order valence-electron chi connectivity index (χ3n) is 3.97. The van der Waals surface area contributed by atoms with E-state index >= 15 is 0 Å². The fourth-order valence-electron chi connectivity index (χ4n) is 2.70. The lowest BCUT2D eigenvalue weighted by molar-refractivity contribution is 0.728. The van der Waals surface area contributed by atoms with E-state index in [2.05, 4.69) is 16.0 Å². The first-order valence-electron chi connectivity index (χ1n) is 8.07. The summed E-state index contributed by atoms with van der Waals surface area (Å²) in [6.45, 7) is 4.33. The van der Waals surface area contributed by atoms with Gasteiger partial charge in [0.2, 0.25) is 0 Å². The highest BCUT2D eigenvalue weighted by molar-refractivity contribution is 7.99. The quantitative estimate of drug-likeness (QED) is 0.679. The van der Waals surface area contributed by atoms with Crippen molar-refractivity contribution in [2.75, 3.05) is 5.75 Å². The molecule has 1 aromatic carbocycles. The van der Waals surface area contributed by atoms with Crippen LogP contribution in [0.15, 0.2) is 50.1 Å². The molecule has 2 heterocycles. The van der Waals surface area contributed by atoms with Crippen LogP contribution in [0.4, 0.5) is 0 Å². The number of aromatic nitrogens is 4. The first-order valence-corrected chi connectivity index (χ1v) is 9.43. The molecule has 0 amide bonds. The number of allylic oxidation sites excluding steroid dienone is 1. The molecule has 2 aromatic heterocycles. The van der Waals surface area contributed by atoms with Gasteiger partial charge < -0.3 is 4.57 Å². The Morgan fingerprint density at radius 1 is 1.38 bits per heavy atom. The summed E-state index contributed by atoms with van der Waals surface area (Å²) in [5.74, 6) is 0.623. The maximum atomic E-state index is 12.5. The number of rotatable bonds is 5. The van der Waals surface area contributed by atoms with Crippen LogP contribution in [0.25, 0.3) is 11.2 Å². The lowest BCUT2D eigenvalue weighted by Crippen LogP contribution is -2.29. The lowest BCUT2D eigenvalue weighted by Gasteiger charge is -2.09. The number of imidazole rings is 1. The second kappa shape index (κ2) is 7.55. The molecule has 0 saturated carbocycles. The molecule has 0 fully saturated rings. The predicted octanol–water partition coefficient (Wildman–Crippen LogP) is 3.01. The van der Waals surface area contributed by atoms with E-state index in [9.17, 15) is 9.59 Å². The predicted molar refractivity (Wildman–Crippen MR) is 106 cm³/mol. The van der Waals surface area contributed by atoms with Crippen molar-refractivity contribution in [2.24, 2.45) is 7.05 Å². The average Bonchev–Trinajstić information content (AvgIpc) is 2.92. The molecule has 8 heteroatoms. The largest absolute Gasteiger partial charge is 0.329 e. The molecule has 3 rings (SSSR count). The van der Waals surface area contributed by atoms with Crippen molar-refractivity contribution in [3.05, 3.63) is 67.3 Å². The van der Waals surface area contributed by atoms with Crippen molar-refractivity contribution in [3.8, 4) is 0 Å². The summed E-state index contributed by atoms with van der Waals surface area (Å²) in [6.07, 6.45) is 1.88. The Morgan fingerprint density at radius 3 is 2.85 bits per heavy atom. The van der Waals surface area contributed by atoms with Gasteiger partial charge in [0.05, 0.1) is 6.54 Å². The third kappa shape index (κ3) is 3.78. The number of aromatic amines is 1. The van der Waals surface area contributed by atoms with Gasteiger partial charge in [0.1, 0.15) is 0 Å². The zero-order chi connectivity index (χ0) is 18.8. The fourth-order valence-corrected chi connectivity index (χ4v) is 3.81. The summed E-state index contributed by atoms with van der Waals surface area (Å²) in [7, 11) is 1.60. The fraction of sp³-hybridized carbons (Fsp3) is 0.278. The Bertz CT molecular complexity index is 1110. The Labute approximate surface area is 159 Å². The number of H-pyrrole nitrogens is 1. The number of aryl methyl sites for hydroxylation is 2. The molecule has 0 bridgehead atoms. The van der Waals surface area contributed by atoms with Crippen LogP contribution in [-0.4, -0.2) is 24.9 Å². The smallest absolute Gasteiger partial charge is 0.309 e. The van der Waals surface area contributed by atoms with Crippen LogP contribution >= 0.6 is 23.4 Å². The highest BCUT2D eigenvalue weighted by atomic mass is 35.5.